The predicted octanol–water partition coefficient (Wildman–Crippen LogP) is 5.51. The molecule has 4 aromatic rings. The van der Waals surface area contributed by atoms with Crippen molar-refractivity contribution >= 4 is 33.6 Å². The van der Waals surface area contributed by atoms with E-state index in [2.05, 4.69) is 22.4 Å². The molecule has 5 nitrogen and oxygen atoms in total. The maximum atomic E-state index is 12.4. The van der Waals surface area contributed by atoms with Crippen LogP contribution in [0.25, 0.3) is 27.8 Å². The Morgan fingerprint density at radius 3 is 2.83 bits per heavy atom. The Morgan fingerprint density at radius 1 is 1.21 bits per heavy atom. The molecule has 0 unspecified atom stereocenters. The number of nitriles is 1. The molecule has 29 heavy (non-hydrogen) atoms. The molecule has 0 saturated carbocycles. The lowest BCUT2D eigenvalue weighted by Crippen LogP contribution is -2.02. The molecule has 0 atom stereocenters. The number of benzene rings is 2. The van der Waals surface area contributed by atoms with Crippen molar-refractivity contribution in [3.63, 3.8) is 0 Å². The summed E-state index contributed by atoms with van der Waals surface area (Å²) in [5.41, 5.74) is 4.55. The molecule has 0 fully saturated rings. The van der Waals surface area contributed by atoms with Crippen molar-refractivity contribution in [1.82, 2.24) is 4.98 Å². The molecule has 0 spiro atoms. The fourth-order valence-corrected chi connectivity index (χ4v) is 3.81. The van der Waals surface area contributed by atoms with Crippen LogP contribution in [0.5, 0.6) is 0 Å². The van der Waals surface area contributed by atoms with Crippen molar-refractivity contribution in [2.24, 2.45) is 0 Å². The number of thiazole rings is 1. The molecule has 0 aliphatic carbocycles. The minimum absolute atomic E-state index is 0.380. The number of nitrogens with one attached hydrogen (secondary N) is 1. The van der Waals surface area contributed by atoms with Crippen LogP contribution in [-0.4, -0.2) is 4.98 Å². The first kappa shape index (κ1) is 18.7. The smallest absolute Gasteiger partial charge is 0.345 e. The van der Waals surface area contributed by atoms with Gasteiger partial charge >= 0.3 is 5.63 Å². The topological polar surface area (TPSA) is 78.9 Å². The van der Waals surface area contributed by atoms with Gasteiger partial charge in [-0.2, -0.15) is 5.26 Å². The number of allylic oxidation sites excluding steroid dienone is 1. The first-order valence-electron chi connectivity index (χ1n) is 8.98. The largest absolute Gasteiger partial charge is 0.422 e. The Hall–Kier alpha value is -3.69. The summed E-state index contributed by atoms with van der Waals surface area (Å²) in [6.07, 6.45) is 1.64. The van der Waals surface area contributed by atoms with Crippen molar-refractivity contribution in [3.8, 4) is 17.3 Å². The third-order valence-electron chi connectivity index (χ3n) is 4.53. The van der Waals surface area contributed by atoms with Crippen molar-refractivity contribution in [3.05, 3.63) is 86.7 Å². The van der Waals surface area contributed by atoms with Crippen molar-refractivity contribution in [2.45, 2.75) is 13.8 Å². The van der Waals surface area contributed by atoms with Gasteiger partial charge in [-0.05, 0) is 37.6 Å². The Kier molecular flexibility index (Phi) is 4.98. The highest BCUT2D eigenvalue weighted by atomic mass is 32.1. The molecule has 0 saturated heterocycles. The summed E-state index contributed by atoms with van der Waals surface area (Å²) in [5.74, 6) is 0. The van der Waals surface area contributed by atoms with Gasteiger partial charge in [0.15, 0.2) is 0 Å². The highest BCUT2D eigenvalue weighted by Crippen LogP contribution is 2.26. The van der Waals surface area contributed by atoms with E-state index in [1.807, 2.05) is 44.2 Å². The average Bonchev–Trinajstić information content (AvgIpc) is 3.19. The van der Waals surface area contributed by atoms with Crippen LogP contribution in [0.2, 0.25) is 0 Å². The van der Waals surface area contributed by atoms with Crippen LogP contribution >= 0.6 is 11.3 Å². The highest BCUT2D eigenvalue weighted by molar-refractivity contribution is 7.11. The van der Waals surface area contributed by atoms with Gasteiger partial charge in [-0.15, -0.1) is 11.3 Å². The lowest BCUT2D eigenvalue weighted by Gasteiger charge is -2.06. The number of hydrogen-bond acceptors (Lipinski definition) is 6. The van der Waals surface area contributed by atoms with Crippen LogP contribution in [0.15, 0.2) is 69.3 Å². The summed E-state index contributed by atoms with van der Waals surface area (Å²) in [5, 5.41) is 15.9. The number of hydrogen-bond donors (Lipinski definition) is 1. The second-order valence-corrected chi connectivity index (χ2v) is 7.51. The molecule has 2 aromatic carbocycles. The van der Waals surface area contributed by atoms with E-state index in [4.69, 9.17) is 4.42 Å². The molecule has 4 rings (SSSR count). The molecule has 142 valence electrons. The number of aryl methyl sites for hydroxylation is 2. The Labute approximate surface area is 171 Å². The molecule has 0 aliphatic heterocycles. The number of para-hydroxylation sites is 1. The van der Waals surface area contributed by atoms with Crippen LogP contribution in [0.1, 0.15) is 16.1 Å². The van der Waals surface area contributed by atoms with Gasteiger partial charge in [-0.3, -0.25) is 0 Å². The van der Waals surface area contributed by atoms with Crippen LogP contribution in [0.3, 0.4) is 0 Å². The minimum Gasteiger partial charge on any atom is -0.422 e. The van der Waals surface area contributed by atoms with E-state index < -0.39 is 5.63 Å². The molecular weight excluding hydrogens is 382 g/mol. The summed E-state index contributed by atoms with van der Waals surface area (Å²) < 4.78 is 5.39. The highest BCUT2D eigenvalue weighted by Gasteiger charge is 2.13. The predicted molar refractivity (Wildman–Crippen MR) is 117 cm³/mol. The third kappa shape index (κ3) is 3.82. The van der Waals surface area contributed by atoms with Crippen LogP contribution in [-0.2, 0) is 0 Å². The van der Waals surface area contributed by atoms with Gasteiger partial charge in [-0.25, -0.2) is 9.78 Å². The zero-order valence-corrected chi connectivity index (χ0v) is 16.7. The van der Waals surface area contributed by atoms with Crippen molar-refractivity contribution in [2.75, 3.05) is 5.32 Å². The van der Waals surface area contributed by atoms with Gasteiger partial charge in [0, 0.05) is 22.7 Å². The lowest BCUT2D eigenvalue weighted by molar-refractivity contribution is 0.563. The molecule has 2 heterocycles. The number of anilines is 1. The standard InChI is InChI=1S/C23H17N3O2S/c1-14-7-8-19(15(2)9-14)25-12-17(11-24)22-26-20(13-29-22)18-10-16-5-3-4-6-21(16)28-23(18)27/h3-10,12-13,25H,1-2H3/b17-12-. The molecule has 0 radical (unpaired) electrons. The monoisotopic (exact) mass is 399 g/mol. The van der Waals surface area contributed by atoms with E-state index in [1.54, 1.807) is 23.7 Å². The number of rotatable bonds is 4. The summed E-state index contributed by atoms with van der Waals surface area (Å²) in [4.78, 5) is 16.9. The van der Waals surface area contributed by atoms with Gasteiger partial charge in [-0.1, -0.05) is 35.9 Å². The normalized spacial score (nSPS) is 11.4. The zero-order chi connectivity index (χ0) is 20.4. The first-order valence-corrected chi connectivity index (χ1v) is 9.86. The van der Waals surface area contributed by atoms with Gasteiger partial charge in [0.2, 0.25) is 0 Å². The van der Waals surface area contributed by atoms with Gasteiger partial charge in [0.25, 0.3) is 0 Å². The number of nitrogens with zero attached hydrogens (tertiary/aromatic N) is 2. The van der Waals surface area contributed by atoms with Gasteiger partial charge in [0.05, 0.1) is 11.3 Å². The molecule has 0 amide bonds. The number of aromatic nitrogens is 1. The second-order valence-electron chi connectivity index (χ2n) is 6.66. The van der Waals surface area contributed by atoms with E-state index in [9.17, 15) is 10.1 Å². The van der Waals surface area contributed by atoms with Crippen LogP contribution < -0.4 is 10.9 Å². The summed E-state index contributed by atoms with van der Waals surface area (Å²) in [7, 11) is 0. The van der Waals surface area contributed by atoms with E-state index in [0.29, 0.717) is 27.4 Å². The van der Waals surface area contributed by atoms with Crippen LogP contribution in [0, 0.1) is 25.2 Å². The Balaban J connectivity index is 1.66. The molecular formula is C23H17N3O2S. The molecule has 2 aromatic heterocycles. The van der Waals surface area contributed by atoms with Crippen LogP contribution in [0.4, 0.5) is 5.69 Å². The third-order valence-corrected chi connectivity index (χ3v) is 5.40. The summed E-state index contributed by atoms with van der Waals surface area (Å²) >= 11 is 1.31. The average molecular weight is 399 g/mol. The summed E-state index contributed by atoms with van der Waals surface area (Å²) in [6, 6.07) is 17.3. The zero-order valence-electron chi connectivity index (χ0n) is 15.9. The molecule has 6 heteroatoms. The van der Waals surface area contributed by atoms with E-state index in [1.165, 1.54) is 16.9 Å². The first-order chi connectivity index (χ1) is 14.0. The lowest BCUT2D eigenvalue weighted by atomic mass is 10.1. The molecule has 0 aliphatic rings. The van der Waals surface area contributed by atoms with Gasteiger partial charge < -0.3 is 9.73 Å². The number of fused-ring (bicyclic) bond motifs is 1. The maximum absolute atomic E-state index is 12.4. The second kappa shape index (κ2) is 7.74. The van der Waals surface area contributed by atoms with Crippen molar-refractivity contribution in [1.29, 1.82) is 5.26 Å². The van der Waals surface area contributed by atoms with E-state index >= 15 is 0 Å². The summed E-state index contributed by atoms with van der Waals surface area (Å²) in [6.45, 7) is 4.05. The fourth-order valence-electron chi connectivity index (χ4n) is 3.03. The van der Waals surface area contributed by atoms with E-state index in [-0.39, 0.29) is 0 Å². The minimum atomic E-state index is -0.448. The SMILES string of the molecule is Cc1ccc(N/C=C(/C#N)c2nc(-c3cc4ccccc4oc3=O)cs2)c(C)c1. The molecule has 0 bridgehead atoms. The Morgan fingerprint density at radius 2 is 2.03 bits per heavy atom. The van der Waals surface area contributed by atoms with E-state index in [0.717, 1.165) is 16.6 Å². The quantitative estimate of drug-likeness (QED) is 0.362. The molecule has 1 N–H and O–H groups in total. The maximum Gasteiger partial charge on any atom is 0.345 e. The Bertz CT molecular complexity index is 1340. The van der Waals surface area contributed by atoms with Gasteiger partial charge in [0.1, 0.15) is 22.2 Å². The fraction of sp³-hybridized carbons (Fsp3) is 0.0870. The van der Waals surface area contributed by atoms with Crippen molar-refractivity contribution < 1.29 is 4.42 Å².